The van der Waals surface area contributed by atoms with Gasteiger partial charge < -0.3 is 22.5 Å². The van der Waals surface area contributed by atoms with Crippen molar-refractivity contribution < 1.29 is 31.6 Å². The van der Waals surface area contributed by atoms with Crippen LogP contribution in [-0.2, 0) is 16.1 Å². The monoisotopic (exact) mass is 437 g/mol. The lowest BCUT2D eigenvalue weighted by atomic mass is 10.1. The number of rotatable bonds is 6. The number of likely N-dealkylation sites (N-methyl/N-ethyl adjacent to an activating group) is 1. The Labute approximate surface area is 182 Å². The molecule has 1 aliphatic rings. The van der Waals surface area contributed by atoms with Gasteiger partial charge in [-0.05, 0) is 31.3 Å². The summed E-state index contributed by atoms with van der Waals surface area (Å²) >= 11 is 6.40. The van der Waals surface area contributed by atoms with E-state index in [1.165, 1.54) is 0 Å². The Bertz CT molecular complexity index is 827. The molecule has 1 aliphatic heterocycles. The van der Waals surface area contributed by atoms with Crippen molar-refractivity contribution in [2.45, 2.75) is 6.54 Å². The third-order valence-corrected chi connectivity index (χ3v) is 5.09. The number of quaternary nitrogens is 1. The lowest BCUT2D eigenvalue weighted by Gasteiger charge is -2.24. The fourth-order valence-electron chi connectivity index (χ4n) is 3.20. The molecule has 1 heterocycles. The van der Waals surface area contributed by atoms with Gasteiger partial charge in [-0.15, -0.1) is 0 Å². The van der Waals surface area contributed by atoms with Crippen molar-refractivity contribution in [3.8, 4) is 0 Å². The van der Waals surface area contributed by atoms with Crippen LogP contribution in [0.4, 0.5) is 5.69 Å². The highest BCUT2D eigenvalue weighted by atomic mass is 35.5. The van der Waals surface area contributed by atoms with Crippen LogP contribution in [0.3, 0.4) is 0 Å². The van der Waals surface area contributed by atoms with Gasteiger partial charge in [0.1, 0.15) is 19.6 Å². The number of carbonyl (C=O) groups excluding carboxylic acids is 2. The van der Waals surface area contributed by atoms with Crippen LogP contribution in [0.25, 0.3) is 0 Å². The molecular formula is C21H25Cl2N3O3. The maximum Gasteiger partial charge on any atom is 0.326 e. The zero-order valence-corrected chi connectivity index (χ0v) is 17.8. The summed E-state index contributed by atoms with van der Waals surface area (Å²) in [5.74, 6) is -0.0478. The van der Waals surface area contributed by atoms with Crippen molar-refractivity contribution in [2.24, 2.45) is 0 Å². The Hall–Kier alpha value is -1.96. The van der Waals surface area contributed by atoms with Gasteiger partial charge in [0.25, 0.3) is 5.91 Å². The number of anilines is 1. The van der Waals surface area contributed by atoms with Gasteiger partial charge >= 0.3 is 5.91 Å². The minimum atomic E-state index is -0.194. The van der Waals surface area contributed by atoms with Gasteiger partial charge in [0, 0.05) is 28.4 Å². The number of nitrogens with one attached hydrogen (secondary N) is 2. The van der Waals surface area contributed by atoms with Gasteiger partial charge in [0.2, 0.25) is 0 Å². The summed E-state index contributed by atoms with van der Waals surface area (Å²) in [5, 5.41) is 3.49. The van der Waals surface area contributed by atoms with E-state index in [1.54, 1.807) is 24.3 Å². The number of hydrogen-bond donors (Lipinski definition) is 2. The fourth-order valence-corrected chi connectivity index (χ4v) is 3.43. The molecule has 2 amide bonds. The molecule has 0 radical (unpaired) electrons. The molecule has 156 valence electrons. The summed E-state index contributed by atoms with van der Waals surface area (Å²) in [6, 6.07) is 14.4. The molecule has 0 unspecified atom stereocenters. The van der Waals surface area contributed by atoms with E-state index in [9.17, 15) is 9.59 Å². The predicted octanol–water partition coefficient (Wildman–Crippen LogP) is -1.53. The van der Waals surface area contributed by atoms with Gasteiger partial charge in [0.15, 0.2) is 0 Å². The van der Waals surface area contributed by atoms with E-state index in [0.717, 1.165) is 10.5 Å². The Kier molecular flexibility index (Phi) is 9.07. The number of nitrogens with zero attached hydrogens (tertiary/aromatic N) is 1. The standard InChI is InChI=1S/C21H24ClN3O3.ClH/c1-24(15-20(26)25-10-12-28-13-11-25)14-17-18(22)8-5-9-19(17)23-21(27)16-6-3-2-4-7-16;/h2-9H,10-15H2,1H3,(H,23,27);1H. The predicted molar refractivity (Wildman–Crippen MR) is 109 cm³/mol. The zero-order chi connectivity index (χ0) is 19.9. The van der Waals surface area contributed by atoms with E-state index < -0.39 is 0 Å². The molecule has 2 aromatic rings. The van der Waals surface area contributed by atoms with Crippen LogP contribution in [0, 0.1) is 0 Å². The molecular weight excluding hydrogens is 413 g/mol. The van der Waals surface area contributed by atoms with Crippen molar-refractivity contribution >= 4 is 29.1 Å². The molecule has 0 atom stereocenters. The maximum atomic E-state index is 12.5. The van der Waals surface area contributed by atoms with Gasteiger partial charge in [-0.2, -0.15) is 0 Å². The Morgan fingerprint density at radius 2 is 1.79 bits per heavy atom. The number of amides is 2. The summed E-state index contributed by atoms with van der Waals surface area (Å²) in [5.41, 5.74) is 2.02. The second kappa shape index (κ2) is 11.3. The largest absolute Gasteiger partial charge is 1.00 e. The van der Waals surface area contributed by atoms with E-state index in [0.29, 0.717) is 55.7 Å². The molecule has 2 aromatic carbocycles. The average molecular weight is 438 g/mol. The van der Waals surface area contributed by atoms with Gasteiger partial charge in [-0.3, -0.25) is 14.6 Å². The van der Waals surface area contributed by atoms with Crippen molar-refractivity contribution in [1.29, 1.82) is 0 Å². The van der Waals surface area contributed by atoms with E-state index in [4.69, 9.17) is 16.3 Å². The molecule has 6 nitrogen and oxygen atoms in total. The van der Waals surface area contributed by atoms with Crippen molar-refractivity contribution in [1.82, 2.24) is 4.90 Å². The number of morpholine rings is 1. The number of hydrogen-bond acceptors (Lipinski definition) is 4. The number of benzene rings is 2. The first kappa shape index (κ1) is 23.3. The second-order valence-corrected chi connectivity index (χ2v) is 7.30. The maximum absolute atomic E-state index is 12.5. The Morgan fingerprint density at radius 1 is 1.10 bits per heavy atom. The summed E-state index contributed by atoms with van der Waals surface area (Å²) in [4.78, 5) is 27.9. The molecule has 1 saturated heterocycles. The number of carbonyl (C=O) groups is 2. The molecule has 2 N–H and O–H groups in total. The smallest absolute Gasteiger partial charge is 0.326 e. The van der Waals surface area contributed by atoms with E-state index in [1.807, 2.05) is 36.2 Å². The summed E-state index contributed by atoms with van der Waals surface area (Å²) < 4.78 is 5.31. The molecule has 1 fully saturated rings. The minimum absolute atomic E-state index is 0. The third-order valence-electron chi connectivity index (χ3n) is 4.74. The lowest BCUT2D eigenvalue weighted by molar-refractivity contribution is -0.830. The SMILES string of the molecule is CN(CC(=O)[NH+]1CCOCC1)Cc1c(Cl)cccc1NC(=O)c1ccccc1.[Cl-]. The van der Waals surface area contributed by atoms with Gasteiger partial charge in [0.05, 0.1) is 13.2 Å². The van der Waals surface area contributed by atoms with E-state index >= 15 is 0 Å². The number of halogens is 2. The molecule has 0 saturated carbocycles. The first-order valence-electron chi connectivity index (χ1n) is 9.32. The summed E-state index contributed by atoms with van der Waals surface area (Å²) in [6.45, 7) is 3.41. The fraction of sp³-hybridized carbons (Fsp3) is 0.333. The van der Waals surface area contributed by atoms with Crippen molar-refractivity contribution in [2.75, 3.05) is 45.2 Å². The third kappa shape index (κ3) is 6.52. The molecule has 3 rings (SSSR count). The van der Waals surface area contributed by atoms with Crippen LogP contribution in [0.2, 0.25) is 5.02 Å². The van der Waals surface area contributed by atoms with Gasteiger partial charge in [-0.1, -0.05) is 35.9 Å². The van der Waals surface area contributed by atoms with Crippen LogP contribution < -0.4 is 22.6 Å². The molecule has 0 bridgehead atoms. The second-order valence-electron chi connectivity index (χ2n) is 6.90. The highest BCUT2D eigenvalue weighted by Crippen LogP contribution is 2.26. The lowest BCUT2D eigenvalue weighted by Crippen LogP contribution is -3.17. The van der Waals surface area contributed by atoms with Crippen LogP contribution in [0.1, 0.15) is 15.9 Å². The van der Waals surface area contributed by atoms with Crippen LogP contribution in [-0.4, -0.2) is 56.6 Å². The normalized spacial score (nSPS) is 14.3. The van der Waals surface area contributed by atoms with Crippen molar-refractivity contribution in [3.05, 3.63) is 64.7 Å². The van der Waals surface area contributed by atoms with Gasteiger partial charge in [-0.25, -0.2) is 4.79 Å². The minimum Gasteiger partial charge on any atom is -1.00 e. The molecule has 29 heavy (non-hydrogen) atoms. The van der Waals surface area contributed by atoms with E-state index in [2.05, 4.69) is 5.32 Å². The first-order valence-corrected chi connectivity index (χ1v) is 9.70. The molecule has 0 spiro atoms. The summed E-state index contributed by atoms with van der Waals surface area (Å²) in [6.07, 6.45) is 0. The van der Waals surface area contributed by atoms with Crippen LogP contribution in [0.15, 0.2) is 48.5 Å². The van der Waals surface area contributed by atoms with Crippen molar-refractivity contribution in [3.63, 3.8) is 0 Å². The Balaban J connectivity index is 0.00000300. The Morgan fingerprint density at radius 3 is 2.48 bits per heavy atom. The highest BCUT2D eigenvalue weighted by Gasteiger charge is 2.24. The first-order chi connectivity index (χ1) is 13.5. The summed E-state index contributed by atoms with van der Waals surface area (Å²) in [7, 11) is 1.88. The highest BCUT2D eigenvalue weighted by molar-refractivity contribution is 6.31. The average Bonchev–Trinajstić information content (AvgIpc) is 2.72. The molecule has 8 heteroatoms. The van der Waals surface area contributed by atoms with Crippen LogP contribution in [0.5, 0.6) is 0 Å². The molecule has 0 aromatic heterocycles. The quantitative estimate of drug-likeness (QED) is 0.575. The zero-order valence-electron chi connectivity index (χ0n) is 16.3. The number of ether oxygens (including phenoxy) is 1. The molecule has 0 aliphatic carbocycles. The van der Waals surface area contributed by atoms with Crippen LogP contribution >= 0.6 is 11.6 Å². The van der Waals surface area contributed by atoms with E-state index in [-0.39, 0.29) is 24.2 Å². The topological polar surface area (TPSA) is 63.1 Å².